The molecule has 2 atom stereocenters. The van der Waals surface area contributed by atoms with Crippen molar-refractivity contribution in [2.45, 2.75) is 33.6 Å². The van der Waals surface area contributed by atoms with Gasteiger partial charge in [-0.25, -0.2) is 4.79 Å². The number of carbonyl (C=O) groups excluding carboxylic acids is 1. The Balaban J connectivity index is 2.02. The summed E-state index contributed by atoms with van der Waals surface area (Å²) in [6.45, 7) is 10.0. The van der Waals surface area contributed by atoms with E-state index in [1.807, 2.05) is 6.92 Å². The van der Waals surface area contributed by atoms with Crippen molar-refractivity contribution < 1.29 is 9.53 Å². The number of likely N-dealkylation sites (tertiary alicyclic amines) is 1. The van der Waals surface area contributed by atoms with Gasteiger partial charge in [-0.05, 0) is 37.2 Å². The summed E-state index contributed by atoms with van der Waals surface area (Å²) in [7, 11) is 1.40. The zero-order chi connectivity index (χ0) is 15.6. The third-order valence-corrected chi connectivity index (χ3v) is 5.44. The maximum absolute atomic E-state index is 11.8. The lowest BCUT2D eigenvalue weighted by Gasteiger charge is -2.34. The number of nitrogens with two attached hydrogens (primary N) is 1. The van der Waals surface area contributed by atoms with Crippen LogP contribution in [0.25, 0.3) is 0 Å². The fourth-order valence-corrected chi connectivity index (χ4v) is 4.47. The molecular weight excluding hydrogens is 284 g/mol. The molecule has 0 bridgehead atoms. The monoisotopic (exact) mass is 310 g/mol. The Labute approximate surface area is 131 Å². The molecule has 4 nitrogen and oxygen atoms in total. The maximum atomic E-state index is 11.8. The Morgan fingerprint density at radius 2 is 2.00 bits per heavy atom. The van der Waals surface area contributed by atoms with E-state index in [0.717, 1.165) is 30.4 Å². The number of esters is 1. The molecule has 1 aliphatic rings. The second kappa shape index (κ2) is 6.79. The summed E-state index contributed by atoms with van der Waals surface area (Å²) >= 11 is 1.53. The molecule has 0 aromatic carbocycles. The zero-order valence-corrected chi connectivity index (χ0v) is 14.3. The van der Waals surface area contributed by atoms with E-state index in [1.165, 1.54) is 42.8 Å². The van der Waals surface area contributed by atoms with Gasteiger partial charge in [-0.1, -0.05) is 13.8 Å². The van der Waals surface area contributed by atoms with Crippen molar-refractivity contribution in [2.75, 3.05) is 32.5 Å². The van der Waals surface area contributed by atoms with Gasteiger partial charge in [0.05, 0.1) is 12.7 Å². The van der Waals surface area contributed by atoms with Crippen LogP contribution >= 0.6 is 11.3 Å². The number of thiophene rings is 1. The number of nitrogens with zero attached hydrogens (tertiary/aromatic N) is 1. The molecule has 1 aromatic heterocycles. The highest BCUT2D eigenvalue weighted by Gasteiger charge is 2.23. The van der Waals surface area contributed by atoms with E-state index in [1.54, 1.807) is 0 Å². The number of hydrogen-bond acceptors (Lipinski definition) is 5. The predicted molar refractivity (Wildman–Crippen MR) is 87.9 cm³/mol. The van der Waals surface area contributed by atoms with Crippen molar-refractivity contribution in [3.8, 4) is 0 Å². The van der Waals surface area contributed by atoms with E-state index >= 15 is 0 Å². The highest BCUT2D eigenvalue weighted by Crippen LogP contribution is 2.32. The molecule has 0 aliphatic carbocycles. The summed E-state index contributed by atoms with van der Waals surface area (Å²) in [5.74, 6) is 1.22. The van der Waals surface area contributed by atoms with Crippen LogP contribution in [0.15, 0.2) is 0 Å². The van der Waals surface area contributed by atoms with E-state index in [4.69, 9.17) is 10.5 Å². The van der Waals surface area contributed by atoms with Gasteiger partial charge in [-0.15, -0.1) is 11.3 Å². The molecule has 2 unspecified atom stereocenters. The summed E-state index contributed by atoms with van der Waals surface area (Å²) < 4.78 is 4.81. The van der Waals surface area contributed by atoms with E-state index < -0.39 is 0 Å². The van der Waals surface area contributed by atoms with Crippen LogP contribution in [0.5, 0.6) is 0 Å². The van der Waals surface area contributed by atoms with Crippen molar-refractivity contribution in [3.05, 3.63) is 16.0 Å². The van der Waals surface area contributed by atoms with Crippen LogP contribution in [0.2, 0.25) is 0 Å². The molecule has 1 fully saturated rings. The van der Waals surface area contributed by atoms with Crippen LogP contribution in [0.3, 0.4) is 0 Å². The first-order valence-electron chi connectivity index (χ1n) is 7.60. The Morgan fingerprint density at radius 3 is 2.57 bits per heavy atom. The molecule has 0 saturated carbocycles. The van der Waals surface area contributed by atoms with Gasteiger partial charge in [0.1, 0.15) is 5.00 Å². The van der Waals surface area contributed by atoms with Gasteiger partial charge in [0.15, 0.2) is 0 Å². The second-order valence-corrected chi connectivity index (χ2v) is 7.47. The van der Waals surface area contributed by atoms with Gasteiger partial charge < -0.3 is 15.4 Å². The van der Waals surface area contributed by atoms with Gasteiger partial charge in [-0.3, -0.25) is 0 Å². The first-order valence-corrected chi connectivity index (χ1v) is 8.42. The normalized spacial score (nSPS) is 23.2. The quantitative estimate of drug-likeness (QED) is 0.869. The Bertz CT molecular complexity index is 503. The number of anilines is 1. The third-order valence-electron chi connectivity index (χ3n) is 4.26. The summed E-state index contributed by atoms with van der Waals surface area (Å²) in [6.07, 6.45) is 2.28. The van der Waals surface area contributed by atoms with E-state index in [2.05, 4.69) is 18.7 Å². The molecule has 21 heavy (non-hydrogen) atoms. The van der Waals surface area contributed by atoms with Crippen LogP contribution in [0.4, 0.5) is 5.00 Å². The molecule has 5 heteroatoms. The largest absolute Gasteiger partial charge is 0.465 e. The average Bonchev–Trinajstić information content (AvgIpc) is 2.69. The topological polar surface area (TPSA) is 55.6 Å². The van der Waals surface area contributed by atoms with E-state index in [-0.39, 0.29) is 5.97 Å². The predicted octanol–water partition coefficient (Wildman–Crippen LogP) is 2.95. The summed E-state index contributed by atoms with van der Waals surface area (Å²) in [6, 6.07) is 0. The highest BCUT2D eigenvalue weighted by molar-refractivity contribution is 7.16. The number of nitrogen functional groups attached to an aromatic ring is 1. The smallest absolute Gasteiger partial charge is 0.341 e. The van der Waals surface area contributed by atoms with Crippen LogP contribution in [0.1, 0.15) is 41.1 Å². The molecule has 118 valence electrons. The SMILES string of the molecule is COC(=O)c1c(N)sc(CCN2CC(C)CC(C)C2)c1C. The summed E-state index contributed by atoms with van der Waals surface area (Å²) in [5, 5.41) is 0.578. The van der Waals surface area contributed by atoms with Gasteiger partial charge in [-0.2, -0.15) is 0 Å². The molecule has 1 saturated heterocycles. The van der Waals surface area contributed by atoms with Crippen LogP contribution in [-0.4, -0.2) is 37.6 Å². The molecule has 0 spiro atoms. The minimum atomic E-state index is -0.326. The molecule has 0 amide bonds. The molecular formula is C16H26N2O2S. The van der Waals surface area contributed by atoms with Gasteiger partial charge in [0.2, 0.25) is 0 Å². The standard InChI is InChI=1S/C16H26N2O2S/c1-10-7-11(2)9-18(8-10)6-5-13-12(3)14(15(17)21-13)16(19)20-4/h10-11H,5-9,17H2,1-4H3. The minimum Gasteiger partial charge on any atom is -0.465 e. The lowest BCUT2D eigenvalue weighted by atomic mass is 9.92. The number of ether oxygens (including phenoxy) is 1. The van der Waals surface area contributed by atoms with Crippen LogP contribution in [-0.2, 0) is 11.2 Å². The zero-order valence-electron chi connectivity index (χ0n) is 13.4. The highest BCUT2D eigenvalue weighted by atomic mass is 32.1. The van der Waals surface area contributed by atoms with Gasteiger partial charge in [0, 0.05) is 24.5 Å². The van der Waals surface area contributed by atoms with Crippen molar-refractivity contribution in [1.82, 2.24) is 4.90 Å². The number of piperidine rings is 1. The first kappa shape index (κ1) is 16.3. The molecule has 1 aromatic rings. The Hall–Kier alpha value is -1.07. The minimum absolute atomic E-state index is 0.326. The fourth-order valence-electron chi connectivity index (χ4n) is 3.41. The molecule has 2 N–H and O–H groups in total. The van der Waals surface area contributed by atoms with Crippen molar-refractivity contribution in [3.63, 3.8) is 0 Å². The van der Waals surface area contributed by atoms with Crippen molar-refractivity contribution >= 4 is 22.3 Å². The molecule has 1 aliphatic heterocycles. The molecule has 2 heterocycles. The maximum Gasteiger partial charge on any atom is 0.341 e. The fraction of sp³-hybridized carbons (Fsp3) is 0.688. The summed E-state index contributed by atoms with van der Waals surface area (Å²) in [4.78, 5) is 15.5. The van der Waals surface area contributed by atoms with Crippen LogP contribution < -0.4 is 5.73 Å². The summed E-state index contributed by atoms with van der Waals surface area (Å²) in [5.41, 5.74) is 7.52. The van der Waals surface area contributed by atoms with Crippen molar-refractivity contribution in [2.24, 2.45) is 11.8 Å². The average molecular weight is 310 g/mol. The molecule has 2 rings (SSSR count). The lowest BCUT2D eigenvalue weighted by Crippen LogP contribution is -2.39. The Kier molecular flexibility index (Phi) is 5.27. The van der Waals surface area contributed by atoms with E-state index in [9.17, 15) is 4.79 Å². The number of hydrogen-bond donors (Lipinski definition) is 1. The van der Waals surface area contributed by atoms with E-state index in [0.29, 0.717) is 10.6 Å². The third kappa shape index (κ3) is 3.77. The van der Waals surface area contributed by atoms with Crippen molar-refractivity contribution in [1.29, 1.82) is 0 Å². The van der Waals surface area contributed by atoms with Crippen LogP contribution in [0, 0.1) is 18.8 Å². The second-order valence-electron chi connectivity index (χ2n) is 6.34. The number of rotatable bonds is 4. The number of methoxy groups -OCH3 is 1. The van der Waals surface area contributed by atoms with Gasteiger partial charge >= 0.3 is 5.97 Å². The molecule has 0 radical (unpaired) electrons. The lowest BCUT2D eigenvalue weighted by molar-refractivity contribution is 0.0601. The Morgan fingerprint density at radius 1 is 1.38 bits per heavy atom. The number of carbonyl (C=O) groups is 1. The first-order chi connectivity index (χ1) is 9.92. The van der Waals surface area contributed by atoms with Gasteiger partial charge in [0.25, 0.3) is 0 Å².